The molecule has 0 aromatic rings. The summed E-state index contributed by atoms with van der Waals surface area (Å²) in [6.45, 7) is 2.15. The third-order valence-corrected chi connectivity index (χ3v) is 5.46. The molecule has 0 amide bonds. The van der Waals surface area contributed by atoms with Crippen molar-refractivity contribution >= 4 is 0 Å². The molecule has 4 atom stereocenters. The highest BCUT2D eigenvalue weighted by Gasteiger charge is 2.50. The van der Waals surface area contributed by atoms with E-state index in [2.05, 4.69) is 6.92 Å². The minimum Gasteiger partial charge on any atom is -0.325 e. The third-order valence-electron chi connectivity index (χ3n) is 5.46. The molecule has 2 fully saturated rings. The first-order valence-electron chi connectivity index (χ1n) is 7.72. The summed E-state index contributed by atoms with van der Waals surface area (Å²) in [7, 11) is 0. The molecule has 0 heterocycles. The summed E-state index contributed by atoms with van der Waals surface area (Å²) in [5.41, 5.74) is 5.92. The highest BCUT2D eigenvalue weighted by molar-refractivity contribution is 5.00. The van der Waals surface area contributed by atoms with E-state index in [1.165, 1.54) is 6.42 Å². The highest BCUT2D eigenvalue weighted by Crippen LogP contribution is 2.48. The van der Waals surface area contributed by atoms with Crippen molar-refractivity contribution in [3.63, 3.8) is 0 Å². The molecule has 19 heavy (non-hydrogen) atoms. The van der Waals surface area contributed by atoms with Crippen molar-refractivity contribution < 1.29 is 13.2 Å². The van der Waals surface area contributed by atoms with E-state index in [-0.39, 0.29) is 12.8 Å². The zero-order valence-corrected chi connectivity index (χ0v) is 11.8. The number of nitrogens with two attached hydrogens (primary N) is 1. The summed E-state index contributed by atoms with van der Waals surface area (Å²) in [5, 5.41) is 0. The van der Waals surface area contributed by atoms with Crippen molar-refractivity contribution in [1.82, 2.24) is 0 Å². The van der Waals surface area contributed by atoms with E-state index in [9.17, 15) is 13.2 Å². The van der Waals surface area contributed by atoms with E-state index >= 15 is 0 Å². The van der Waals surface area contributed by atoms with Gasteiger partial charge in [0.05, 0.1) is 5.92 Å². The Morgan fingerprint density at radius 2 is 1.79 bits per heavy atom. The van der Waals surface area contributed by atoms with Crippen LogP contribution in [0.4, 0.5) is 13.2 Å². The summed E-state index contributed by atoms with van der Waals surface area (Å²) >= 11 is 0. The van der Waals surface area contributed by atoms with E-state index in [4.69, 9.17) is 5.73 Å². The Kier molecular flexibility index (Phi) is 4.49. The number of alkyl halides is 3. The molecule has 0 saturated heterocycles. The van der Waals surface area contributed by atoms with Crippen molar-refractivity contribution in [2.45, 2.75) is 76.4 Å². The van der Waals surface area contributed by atoms with Gasteiger partial charge in [0.15, 0.2) is 0 Å². The zero-order chi connectivity index (χ0) is 14.1. The van der Waals surface area contributed by atoms with Crippen molar-refractivity contribution in [1.29, 1.82) is 0 Å². The molecule has 1 nitrogen and oxygen atoms in total. The number of hydrogen-bond donors (Lipinski definition) is 1. The van der Waals surface area contributed by atoms with Gasteiger partial charge in [-0.15, -0.1) is 0 Å². The maximum absolute atomic E-state index is 13.0. The average molecular weight is 277 g/mol. The Morgan fingerprint density at radius 1 is 1.11 bits per heavy atom. The van der Waals surface area contributed by atoms with Gasteiger partial charge >= 0.3 is 6.18 Å². The van der Waals surface area contributed by atoms with Crippen molar-refractivity contribution in [2.75, 3.05) is 0 Å². The van der Waals surface area contributed by atoms with E-state index in [0.29, 0.717) is 18.3 Å². The van der Waals surface area contributed by atoms with Crippen molar-refractivity contribution in [3.05, 3.63) is 0 Å². The standard InChI is InChI=1S/C15H26F3N/c1-2-11-6-3-4-8-13(11)14(19)9-5-7-12(10-14)15(16,17)18/h11-13H,2-10,19H2,1H3. The van der Waals surface area contributed by atoms with Crippen LogP contribution < -0.4 is 5.73 Å². The molecule has 0 aromatic heterocycles. The first-order chi connectivity index (χ1) is 8.87. The van der Waals surface area contributed by atoms with Crippen LogP contribution in [0.3, 0.4) is 0 Å². The van der Waals surface area contributed by atoms with Crippen LogP contribution >= 0.6 is 0 Å². The molecule has 2 rings (SSSR count). The minimum absolute atomic E-state index is 0.150. The van der Waals surface area contributed by atoms with Crippen molar-refractivity contribution in [2.24, 2.45) is 23.5 Å². The fourth-order valence-electron chi connectivity index (χ4n) is 4.41. The van der Waals surface area contributed by atoms with Gasteiger partial charge in [0.25, 0.3) is 0 Å². The average Bonchev–Trinajstić information content (AvgIpc) is 2.38. The molecule has 2 N–H and O–H groups in total. The number of hydrogen-bond acceptors (Lipinski definition) is 1. The Hall–Kier alpha value is -0.250. The summed E-state index contributed by atoms with van der Waals surface area (Å²) in [6.07, 6.45) is 3.35. The second kappa shape index (κ2) is 5.63. The van der Waals surface area contributed by atoms with Gasteiger partial charge in [0, 0.05) is 5.54 Å². The van der Waals surface area contributed by atoms with E-state index < -0.39 is 17.6 Å². The monoisotopic (exact) mass is 277 g/mol. The molecule has 0 aromatic carbocycles. The topological polar surface area (TPSA) is 26.0 Å². The Bertz CT molecular complexity index is 302. The normalized spacial score (nSPS) is 41.2. The van der Waals surface area contributed by atoms with Gasteiger partial charge in [-0.1, -0.05) is 39.0 Å². The SMILES string of the molecule is CCC1CCCCC1C1(N)CCCC(C(F)(F)F)C1. The number of rotatable bonds is 2. The maximum Gasteiger partial charge on any atom is 0.391 e. The predicted octanol–water partition coefficient (Wildman–Crippen LogP) is 4.65. The van der Waals surface area contributed by atoms with Crippen LogP contribution in [0.25, 0.3) is 0 Å². The molecule has 0 bridgehead atoms. The quantitative estimate of drug-likeness (QED) is 0.781. The lowest BCUT2D eigenvalue weighted by Gasteiger charge is -2.48. The maximum atomic E-state index is 13.0. The smallest absolute Gasteiger partial charge is 0.325 e. The highest BCUT2D eigenvalue weighted by atomic mass is 19.4. The van der Waals surface area contributed by atoms with Gasteiger partial charge in [-0.3, -0.25) is 0 Å². The molecule has 4 heteroatoms. The number of halogens is 3. The van der Waals surface area contributed by atoms with E-state index in [1.807, 2.05) is 0 Å². The molecule has 0 spiro atoms. The fraction of sp³-hybridized carbons (Fsp3) is 1.00. The molecule has 0 radical (unpaired) electrons. The molecule has 2 saturated carbocycles. The molecule has 112 valence electrons. The van der Waals surface area contributed by atoms with Gasteiger partial charge in [0.2, 0.25) is 0 Å². The van der Waals surface area contributed by atoms with Gasteiger partial charge in [0.1, 0.15) is 0 Å². The molecule has 2 aliphatic rings. The van der Waals surface area contributed by atoms with Gasteiger partial charge in [-0.05, 0) is 37.5 Å². The third kappa shape index (κ3) is 3.26. The second-order valence-electron chi connectivity index (χ2n) is 6.63. The second-order valence-corrected chi connectivity index (χ2v) is 6.63. The van der Waals surface area contributed by atoms with Crippen LogP contribution in [0.2, 0.25) is 0 Å². The summed E-state index contributed by atoms with van der Waals surface area (Å²) in [6, 6.07) is 0. The molecular weight excluding hydrogens is 251 g/mol. The first-order valence-corrected chi connectivity index (χ1v) is 7.72. The van der Waals surface area contributed by atoms with Crippen LogP contribution in [0, 0.1) is 17.8 Å². The lowest BCUT2D eigenvalue weighted by Crippen LogP contribution is -2.55. The first kappa shape index (κ1) is 15.1. The Balaban J connectivity index is 2.11. The minimum atomic E-state index is -4.07. The largest absolute Gasteiger partial charge is 0.391 e. The zero-order valence-electron chi connectivity index (χ0n) is 11.8. The van der Waals surface area contributed by atoms with Crippen LogP contribution in [-0.4, -0.2) is 11.7 Å². The summed E-state index contributed by atoms with van der Waals surface area (Å²) < 4.78 is 38.9. The van der Waals surface area contributed by atoms with E-state index in [0.717, 1.165) is 32.1 Å². The molecule has 2 aliphatic carbocycles. The molecule has 4 unspecified atom stereocenters. The van der Waals surface area contributed by atoms with Gasteiger partial charge in [-0.2, -0.15) is 13.2 Å². The van der Waals surface area contributed by atoms with Crippen LogP contribution in [-0.2, 0) is 0 Å². The van der Waals surface area contributed by atoms with Crippen molar-refractivity contribution in [3.8, 4) is 0 Å². The lowest BCUT2D eigenvalue weighted by atomic mass is 9.61. The van der Waals surface area contributed by atoms with Crippen LogP contribution in [0.5, 0.6) is 0 Å². The molecule has 0 aliphatic heterocycles. The van der Waals surface area contributed by atoms with Gasteiger partial charge < -0.3 is 5.73 Å². The van der Waals surface area contributed by atoms with Crippen LogP contribution in [0.1, 0.15) is 64.7 Å². The Labute approximate surface area is 114 Å². The van der Waals surface area contributed by atoms with Crippen LogP contribution in [0.15, 0.2) is 0 Å². The molecular formula is C15H26F3N. The predicted molar refractivity (Wildman–Crippen MR) is 70.7 cm³/mol. The Morgan fingerprint density at radius 3 is 2.42 bits per heavy atom. The lowest BCUT2D eigenvalue weighted by molar-refractivity contribution is -0.190. The summed E-state index contributed by atoms with van der Waals surface area (Å²) in [4.78, 5) is 0. The van der Waals surface area contributed by atoms with Gasteiger partial charge in [-0.25, -0.2) is 0 Å². The van der Waals surface area contributed by atoms with E-state index in [1.54, 1.807) is 0 Å². The summed E-state index contributed by atoms with van der Waals surface area (Å²) in [5.74, 6) is -0.340. The fourth-order valence-corrected chi connectivity index (χ4v) is 4.41.